The van der Waals surface area contributed by atoms with Gasteiger partial charge in [-0.2, -0.15) is 15.3 Å². The molecule has 12 heteroatoms. The molecule has 1 atom stereocenters. The molecular formula is C18H22N8O4. The standard InChI is InChI=1S/C18H22N8O4/c1-5-25-15(17(28)21-13-8-19-24(4)10(13)2)14(9-20-25)22-16(27)11(3)26-7-6-12(23-26)18(29)30/h6-9,11H,5H2,1-4H3,(H,21,28)(H,22,27)(H,29,30). The summed E-state index contributed by atoms with van der Waals surface area (Å²) in [6.07, 6.45) is 4.34. The Labute approximate surface area is 171 Å². The average Bonchev–Trinajstić information content (AvgIpc) is 3.42. The molecule has 0 saturated carbocycles. The van der Waals surface area contributed by atoms with Gasteiger partial charge in [-0.15, -0.1) is 0 Å². The van der Waals surface area contributed by atoms with Gasteiger partial charge in [-0.1, -0.05) is 0 Å². The highest BCUT2D eigenvalue weighted by molar-refractivity contribution is 6.09. The highest BCUT2D eigenvalue weighted by atomic mass is 16.4. The highest BCUT2D eigenvalue weighted by Crippen LogP contribution is 2.20. The van der Waals surface area contributed by atoms with Gasteiger partial charge in [0.25, 0.3) is 5.91 Å². The Morgan fingerprint density at radius 1 is 1.17 bits per heavy atom. The Balaban J connectivity index is 1.81. The second kappa shape index (κ2) is 8.19. The third-order valence-corrected chi connectivity index (χ3v) is 4.70. The van der Waals surface area contributed by atoms with Crippen molar-refractivity contribution in [2.75, 3.05) is 10.6 Å². The number of carboxylic acids is 1. The molecule has 0 aliphatic carbocycles. The molecule has 0 radical (unpaired) electrons. The van der Waals surface area contributed by atoms with E-state index in [2.05, 4.69) is 25.9 Å². The molecular weight excluding hydrogens is 392 g/mol. The van der Waals surface area contributed by atoms with Crippen molar-refractivity contribution >= 4 is 29.2 Å². The minimum Gasteiger partial charge on any atom is -0.476 e. The van der Waals surface area contributed by atoms with Crippen LogP contribution in [0.3, 0.4) is 0 Å². The number of amides is 2. The Bertz CT molecular complexity index is 1110. The monoisotopic (exact) mass is 414 g/mol. The molecule has 3 aromatic rings. The lowest BCUT2D eigenvalue weighted by molar-refractivity contribution is -0.119. The zero-order valence-corrected chi connectivity index (χ0v) is 16.9. The Morgan fingerprint density at radius 2 is 1.87 bits per heavy atom. The summed E-state index contributed by atoms with van der Waals surface area (Å²) in [7, 11) is 1.76. The fourth-order valence-corrected chi connectivity index (χ4v) is 2.78. The van der Waals surface area contributed by atoms with Crippen LogP contribution >= 0.6 is 0 Å². The minimum absolute atomic E-state index is 0.166. The number of carbonyl (C=O) groups excluding carboxylic acids is 2. The minimum atomic E-state index is -1.18. The Kier molecular flexibility index (Phi) is 5.67. The molecule has 0 spiro atoms. The number of nitrogens with zero attached hydrogens (tertiary/aromatic N) is 6. The number of nitrogens with one attached hydrogen (secondary N) is 2. The smallest absolute Gasteiger partial charge is 0.356 e. The second-order valence-electron chi connectivity index (χ2n) is 6.60. The number of hydrogen-bond acceptors (Lipinski definition) is 6. The molecule has 1 unspecified atom stereocenters. The first-order chi connectivity index (χ1) is 14.2. The van der Waals surface area contributed by atoms with Gasteiger partial charge >= 0.3 is 5.97 Å². The number of aryl methyl sites for hydroxylation is 2. The van der Waals surface area contributed by atoms with E-state index in [1.54, 1.807) is 18.7 Å². The fraction of sp³-hybridized carbons (Fsp3) is 0.333. The van der Waals surface area contributed by atoms with Gasteiger partial charge in [0.2, 0.25) is 5.91 Å². The predicted molar refractivity (Wildman–Crippen MR) is 106 cm³/mol. The van der Waals surface area contributed by atoms with Crippen LogP contribution in [0, 0.1) is 6.92 Å². The molecule has 2 amide bonds. The number of rotatable bonds is 7. The van der Waals surface area contributed by atoms with Crippen molar-refractivity contribution in [3.05, 3.63) is 41.7 Å². The van der Waals surface area contributed by atoms with Gasteiger partial charge in [0.1, 0.15) is 11.7 Å². The molecule has 0 saturated heterocycles. The summed E-state index contributed by atoms with van der Waals surface area (Å²) >= 11 is 0. The van der Waals surface area contributed by atoms with Crippen LogP contribution in [0.4, 0.5) is 11.4 Å². The maximum Gasteiger partial charge on any atom is 0.356 e. The summed E-state index contributed by atoms with van der Waals surface area (Å²) in [5.41, 5.74) is 1.58. The van der Waals surface area contributed by atoms with Crippen LogP contribution in [0.5, 0.6) is 0 Å². The summed E-state index contributed by atoms with van der Waals surface area (Å²) in [6, 6.07) is 0.496. The van der Waals surface area contributed by atoms with E-state index in [0.29, 0.717) is 12.2 Å². The van der Waals surface area contributed by atoms with E-state index >= 15 is 0 Å². The first-order valence-electron chi connectivity index (χ1n) is 9.18. The number of aromatic carboxylic acids is 1. The van der Waals surface area contributed by atoms with Crippen LogP contribution in [-0.2, 0) is 18.4 Å². The maximum atomic E-state index is 12.9. The first-order valence-corrected chi connectivity index (χ1v) is 9.18. The van der Waals surface area contributed by atoms with Crippen molar-refractivity contribution in [2.45, 2.75) is 33.4 Å². The van der Waals surface area contributed by atoms with Crippen molar-refractivity contribution in [1.82, 2.24) is 29.3 Å². The van der Waals surface area contributed by atoms with Crippen molar-refractivity contribution < 1.29 is 19.5 Å². The number of hydrogen-bond donors (Lipinski definition) is 3. The van der Waals surface area contributed by atoms with Crippen molar-refractivity contribution in [3.63, 3.8) is 0 Å². The average molecular weight is 414 g/mol. The number of carbonyl (C=O) groups is 3. The number of anilines is 2. The molecule has 0 aromatic carbocycles. The molecule has 0 aliphatic heterocycles. The Morgan fingerprint density at radius 3 is 2.43 bits per heavy atom. The molecule has 0 fully saturated rings. The molecule has 0 aliphatic rings. The molecule has 12 nitrogen and oxygen atoms in total. The van der Waals surface area contributed by atoms with E-state index in [-0.39, 0.29) is 17.1 Å². The molecule has 3 heterocycles. The zero-order valence-electron chi connectivity index (χ0n) is 16.9. The van der Waals surface area contributed by atoms with Crippen LogP contribution in [0.1, 0.15) is 46.6 Å². The van der Waals surface area contributed by atoms with Crippen LogP contribution in [0.2, 0.25) is 0 Å². The summed E-state index contributed by atoms with van der Waals surface area (Å²) in [4.78, 5) is 36.6. The SMILES string of the molecule is CCn1ncc(NC(=O)C(C)n2ccc(C(=O)O)n2)c1C(=O)Nc1cnn(C)c1C. The quantitative estimate of drug-likeness (QED) is 0.527. The van der Waals surface area contributed by atoms with Crippen molar-refractivity contribution in [2.24, 2.45) is 7.05 Å². The topological polar surface area (TPSA) is 149 Å². The van der Waals surface area contributed by atoms with E-state index in [4.69, 9.17) is 5.11 Å². The summed E-state index contributed by atoms with van der Waals surface area (Å²) in [5.74, 6) is -2.10. The van der Waals surface area contributed by atoms with Crippen molar-refractivity contribution in [1.29, 1.82) is 0 Å². The van der Waals surface area contributed by atoms with Gasteiger partial charge in [-0.05, 0) is 26.8 Å². The van der Waals surface area contributed by atoms with Gasteiger partial charge in [0, 0.05) is 19.8 Å². The van der Waals surface area contributed by atoms with E-state index in [9.17, 15) is 14.4 Å². The van der Waals surface area contributed by atoms with E-state index in [1.165, 1.54) is 34.0 Å². The van der Waals surface area contributed by atoms with Crippen LogP contribution in [-0.4, -0.2) is 52.2 Å². The lowest BCUT2D eigenvalue weighted by Crippen LogP contribution is -2.26. The third kappa shape index (κ3) is 3.92. The van der Waals surface area contributed by atoms with Gasteiger partial charge in [-0.3, -0.25) is 23.6 Å². The maximum absolute atomic E-state index is 12.9. The lowest BCUT2D eigenvalue weighted by Gasteiger charge is -2.13. The molecule has 3 rings (SSSR count). The molecule has 0 bridgehead atoms. The first kappa shape index (κ1) is 20.8. The van der Waals surface area contributed by atoms with Crippen molar-refractivity contribution in [3.8, 4) is 0 Å². The predicted octanol–water partition coefficient (Wildman–Crippen LogP) is 1.29. The normalized spacial score (nSPS) is 11.9. The zero-order chi connectivity index (χ0) is 22.0. The molecule has 3 N–H and O–H groups in total. The van der Waals surface area contributed by atoms with Gasteiger partial charge in [-0.25, -0.2) is 4.79 Å². The van der Waals surface area contributed by atoms with Gasteiger partial charge in [0.15, 0.2) is 5.69 Å². The highest BCUT2D eigenvalue weighted by Gasteiger charge is 2.24. The van der Waals surface area contributed by atoms with Gasteiger partial charge < -0.3 is 15.7 Å². The third-order valence-electron chi connectivity index (χ3n) is 4.70. The van der Waals surface area contributed by atoms with Crippen LogP contribution in [0.25, 0.3) is 0 Å². The van der Waals surface area contributed by atoms with Gasteiger partial charge in [0.05, 0.1) is 29.5 Å². The number of aromatic nitrogens is 6. The largest absolute Gasteiger partial charge is 0.476 e. The molecule has 3 aromatic heterocycles. The summed E-state index contributed by atoms with van der Waals surface area (Å²) < 4.78 is 4.34. The van der Waals surface area contributed by atoms with E-state index < -0.39 is 23.8 Å². The number of carboxylic acid groups (broad SMARTS) is 1. The fourth-order valence-electron chi connectivity index (χ4n) is 2.78. The lowest BCUT2D eigenvalue weighted by atomic mass is 10.2. The molecule has 158 valence electrons. The van der Waals surface area contributed by atoms with Crippen LogP contribution < -0.4 is 10.6 Å². The van der Waals surface area contributed by atoms with E-state index in [1.807, 2.05) is 13.8 Å². The summed E-state index contributed by atoms with van der Waals surface area (Å²) in [5, 5.41) is 26.6. The summed E-state index contributed by atoms with van der Waals surface area (Å²) in [6.45, 7) is 5.63. The Hall–Kier alpha value is -3.96. The molecule has 30 heavy (non-hydrogen) atoms. The second-order valence-corrected chi connectivity index (χ2v) is 6.60. The van der Waals surface area contributed by atoms with Crippen LogP contribution in [0.15, 0.2) is 24.7 Å². The van der Waals surface area contributed by atoms with E-state index in [0.717, 1.165) is 5.69 Å².